The Morgan fingerprint density at radius 3 is 2.55 bits per heavy atom. The average molecular weight is 230 g/mol. The molecule has 1 aromatic heterocycles. The maximum absolute atomic E-state index is 8.80. The van der Waals surface area contributed by atoms with Crippen molar-refractivity contribution < 1.29 is 0 Å². The molecule has 1 heterocycles. The van der Waals surface area contributed by atoms with Gasteiger partial charge in [0.25, 0.3) is 0 Å². The van der Waals surface area contributed by atoms with Gasteiger partial charge in [0.05, 0.1) is 15.3 Å². The highest BCUT2D eigenvalue weighted by Gasteiger charge is 2.21. The molecule has 0 atom stereocenters. The van der Waals surface area contributed by atoms with Crippen molar-refractivity contribution in [1.82, 2.24) is 0 Å². The third-order valence-electron chi connectivity index (χ3n) is 1.47. The maximum Gasteiger partial charge on any atom is 0.0859 e. The molecule has 0 bridgehead atoms. The van der Waals surface area contributed by atoms with Crippen molar-refractivity contribution in [3.8, 4) is 6.07 Å². The van der Waals surface area contributed by atoms with E-state index in [9.17, 15) is 0 Å². The first kappa shape index (κ1) is 8.76. The van der Waals surface area contributed by atoms with Crippen molar-refractivity contribution in [3.05, 3.63) is 20.8 Å². The first-order valence-corrected chi connectivity index (χ1v) is 4.84. The van der Waals surface area contributed by atoms with E-state index in [1.165, 1.54) is 0 Å². The molecule has 0 aliphatic heterocycles. The summed E-state index contributed by atoms with van der Waals surface area (Å²) in [6.07, 6.45) is 0. The van der Waals surface area contributed by atoms with Crippen LogP contribution < -0.4 is 0 Å². The van der Waals surface area contributed by atoms with Crippen LogP contribution in [0.25, 0.3) is 0 Å². The lowest BCUT2D eigenvalue weighted by Gasteiger charge is -2.11. The fourth-order valence-corrected chi connectivity index (χ4v) is 2.14. The van der Waals surface area contributed by atoms with Gasteiger partial charge in [0.2, 0.25) is 0 Å². The van der Waals surface area contributed by atoms with Crippen LogP contribution >= 0.6 is 27.3 Å². The molecule has 0 unspecified atom stereocenters. The van der Waals surface area contributed by atoms with Gasteiger partial charge in [0, 0.05) is 4.88 Å². The van der Waals surface area contributed by atoms with Gasteiger partial charge in [0.15, 0.2) is 0 Å². The summed E-state index contributed by atoms with van der Waals surface area (Å²) in [6, 6.07) is 6.22. The van der Waals surface area contributed by atoms with Crippen molar-refractivity contribution in [2.75, 3.05) is 0 Å². The van der Waals surface area contributed by atoms with Gasteiger partial charge in [-0.3, -0.25) is 0 Å². The first-order chi connectivity index (χ1) is 5.06. The van der Waals surface area contributed by atoms with E-state index in [1.54, 1.807) is 11.3 Å². The number of hydrogen-bond donors (Lipinski definition) is 0. The third-order valence-corrected chi connectivity index (χ3v) is 3.42. The summed E-state index contributed by atoms with van der Waals surface area (Å²) in [5.41, 5.74) is -0.351. The van der Waals surface area contributed by atoms with Crippen molar-refractivity contribution in [2.45, 2.75) is 19.3 Å². The molecule has 0 fully saturated rings. The fourth-order valence-electron chi connectivity index (χ4n) is 0.705. The van der Waals surface area contributed by atoms with E-state index in [-0.39, 0.29) is 5.41 Å². The predicted molar refractivity (Wildman–Crippen MR) is 50.7 cm³/mol. The van der Waals surface area contributed by atoms with Crippen LogP contribution in [0.15, 0.2) is 15.9 Å². The highest BCUT2D eigenvalue weighted by Crippen LogP contribution is 2.31. The summed E-state index contributed by atoms with van der Waals surface area (Å²) in [5.74, 6) is 0. The molecule has 0 saturated heterocycles. The molecule has 0 radical (unpaired) electrons. The summed E-state index contributed by atoms with van der Waals surface area (Å²) in [6.45, 7) is 3.84. The Morgan fingerprint density at radius 2 is 2.18 bits per heavy atom. The second-order valence-electron chi connectivity index (χ2n) is 2.84. The van der Waals surface area contributed by atoms with Gasteiger partial charge in [-0.25, -0.2) is 0 Å². The van der Waals surface area contributed by atoms with Crippen LogP contribution in [0.3, 0.4) is 0 Å². The molecule has 58 valence electrons. The first-order valence-electron chi connectivity index (χ1n) is 3.23. The second-order valence-corrected chi connectivity index (χ2v) is 5.30. The Morgan fingerprint density at radius 1 is 1.55 bits per heavy atom. The topological polar surface area (TPSA) is 23.8 Å². The van der Waals surface area contributed by atoms with Gasteiger partial charge >= 0.3 is 0 Å². The standard InChI is InChI=1S/C8H8BrNS/c1-8(2,5-10)6-3-4-7(9)11-6/h3-4H,1-2H3. The zero-order valence-electron chi connectivity index (χ0n) is 6.39. The number of nitriles is 1. The number of nitrogens with zero attached hydrogens (tertiary/aromatic N) is 1. The van der Waals surface area contributed by atoms with Crippen LogP contribution in [-0.2, 0) is 5.41 Å². The Bertz CT molecular complexity index is 295. The van der Waals surface area contributed by atoms with E-state index in [2.05, 4.69) is 22.0 Å². The Kier molecular flexibility index (Phi) is 2.36. The number of hydrogen-bond acceptors (Lipinski definition) is 2. The van der Waals surface area contributed by atoms with Crippen molar-refractivity contribution in [3.63, 3.8) is 0 Å². The molecule has 3 heteroatoms. The zero-order valence-corrected chi connectivity index (χ0v) is 8.79. The third kappa shape index (κ3) is 1.82. The molecular weight excluding hydrogens is 222 g/mol. The van der Waals surface area contributed by atoms with E-state index in [0.717, 1.165) is 8.66 Å². The lowest BCUT2D eigenvalue weighted by atomic mass is 9.94. The minimum atomic E-state index is -0.351. The Labute approximate surface area is 78.8 Å². The molecule has 1 aromatic rings. The molecule has 11 heavy (non-hydrogen) atoms. The van der Waals surface area contributed by atoms with E-state index in [0.29, 0.717) is 0 Å². The van der Waals surface area contributed by atoms with Crippen LogP contribution in [0.4, 0.5) is 0 Å². The summed E-state index contributed by atoms with van der Waals surface area (Å²) in [7, 11) is 0. The minimum Gasteiger partial charge on any atom is -0.197 e. The van der Waals surface area contributed by atoms with E-state index < -0.39 is 0 Å². The van der Waals surface area contributed by atoms with Crippen molar-refractivity contribution >= 4 is 27.3 Å². The van der Waals surface area contributed by atoms with E-state index in [1.807, 2.05) is 26.0 Å². The van der Waals surface area contributed by atoms with Crippen LogP contribution in [0.1, 0.15) is 18.7 Å². The predicted octanol–water partition coefficient (Wildman–Crippen LogP) is 3.31. The molecule has 1 nitrogen and oxygen atoms in total. The summed E-state index contributed by atoms with van der Waals surface area (Å²) in [4.78, 5) is 1.10. The highest BCUT2D eigenvalue weighted by atomic mass is 79.9. The van der Waals surface area contributed by atoms with Crippen LogP contribution in [-0.4, -0.2) is 0 Å². The number of thiophene rings is 1. The van der Waals surface area contributed by atoms with Crippen molar-refractivity contribution in [1.29, 1.82) is 5.26 Å². The summed E-state index contributed by atoms with van der Waals surface area (Å²) >= 11 is 4.98. The Hall–Kier alpha value is -0.330. The number of rotatable bonds is 1. The molecule has 0 amide bonds. The highest BCUT2D eigenvalue weighted by molar-refractivity contribution is 9.11. The largest absolute Gasteiger partial charge is 0.197 e. The number of halogens is 1. The molecule has 1 rings (SSSR count). The van der Waals surface area contributed by atoms with Gasteiger partial charge in [-0.05, 0) is 41.9 Å². The van der Waals surface area contributed by atoms with Crippen LogP contribution in [0.5, 0.6) is 0 Å². The summed E-state index contributed by atoms with van der Waals surface area (Å²) in [5, 5.41) is 8.80. The molecule has 0 spiro atoms. The molecule has 0 saturated carbocycles. The van der Waals surface area contributed by atoms with Gasteiger partial charge in [-0.1, -0.05) is 0 Å². The van der Waals surface area contributed by atoms with Gasteiger partial charge in [-0.2, -0.15) is 5.26 Å². The molecule has 0 aliphatic rings. The summed E-state index contributed by atoms with van der Waals surface area (Å²) < 4.78 is 1.08. The monoisotopic (exact) mass is 229 g/mol. The lowest BCUT2D eigenvalue weighted by Crippen LogP contribution is -2.10. The Balaban J connectivity index is 3.04. The van der Waals surface area contributed by atoms with Crippen LogP contribution in [0.2, 0.25) is 0 Å². The van der Waals surface area contributed by atoms with E-state index >= 15 is 0 Å². The molecule has 0 N–H and O–H groups in total. The zero-order chi connectivity index (χ0) is 8.48. The normalized spacial score (nSPS) is 11.1. The smallest absolute Gasteiger partial charge is 0.0859 e. The van der Waals surface area contributed by atoms with Crippen molar-refractivity contribution in [2.24, 2.45) is 0 Å². The lowest BCUT2D eigenvalue weighted by molar-refractivity contribution is 0.703. The second kappa shape index (κ2) is 2.96. The minimum absolute atomic E-state index is 0.351. The maximum atomic E-state index is 8.80. The molecule has 0 aromatic carbocycles. The SMILES string of the molecule is CC(C)(C#N)c1ccc(Br)s1. The van der Waals surface area contributed by atoms with Gasteiger partial charge in [0.1, 0.15) is 0 Å². The molecule has 0 aliphatic carbocycles. The molecular formula is C8H8BrNS. The van der Waals surface area contributed by atoms with Gasteiger partial charge < -0.3 is 0 Å². The fraction of sp³-hybridized carbons (Fsp3) is 0.375. The average Bonchev–Trinajstić information content (AvgIpc) is 2.36. The quantitative estimate of drug-likeness (QED) is 0.726. The van der Waals surface area contributed by atoms with Crippen LogP contribution in [0, 0.1) is 11.3 Å². The van der Waals surface area contributed by atoms with Gasteiger partial charge in [-0.15, -0.1) is 11.3 Å². The van der Waals surface area contributed by atoms with E-state index in [4.69, 9.17) is 5.26 Å².